The van der Waals surface area contributed by atoms with Gasteiger partial charge in [-0.2, -0.15) is 0 Å². The lowest BCUT2D eigenvalue weighted by atomic mass is 9.70. The molecule has 0 saturated heterocycles. The van der Waals surface area contributed by atoms with E-state index < -0.39 is 5.60 Å². The molecular formula is C20H17ClO3. The number of rotatable bonds is 2. The van der Waals surface area contributed by atoms with Crippen LogP contribution in [-0.4, -0.2) is 17.2 Å². The first kappa shape index (κ1) is 15.4. The summed E-state index contributed by atoms with van der Waals surface area (Å²) in [5.41, 5.74) is 1.63. The van der Waals surface area contributed by atoms with Gasteiger partial charge in [-0.15, -0.1) is 0 Å². The Morgan fingerprint density at radius 2 is 2.08 bits per heavy atom. The SMILES string of the molecule is CC(=O)CC1c2cc(Cl)ccc2OC12CCc1ccccc1C2=O. The van der Waals surface area contributed by atoms with E-state index in [1.807, 2.05) is 30.3 Å². The second-order valence-electron chi connectivity index (χ2n) is 6.62. The fourth-order valence-electron chi connectivity index (χ4n) is 4.02. The smallest absolute Gasteiger partial charge is 0.207 e. The quantitative estimate of drug-likeness (QED) is 0.815. The van der Waals surface area contributed by atoms with Crippen LogP contribution < -0.4 is 4.74 Å². The van der Waals surface area contributed by atoms with Gasteiger partial charge in [0.05, 0.1) is 0 Å². The molecule has 122 valence electrons. The van der Waals surface area contributed by atoms with Crippen LogP contribution in [0.15, 0.2) is 42.5 Å². The third-order valence-corrected chi connectivity index (χ3v) is 5.34. The van der Waals surface area contributed by atoms with Crippen molar-refractivity contribution in [3.63, 3.8) is 0 Å². The summed E-state index contributed by atoms with van der Waals surface area (Å²) in [6.07, 6.45) is 1.62. The van der Waals surface area contributed by atoms with Gasteiger partial charge in [-0.25, -0.2) is 0 Å². The van der Waals surface area contributed by atoms with Crippen LogP contribution in [0.2, 0.25) is 5.02 Å². The number of ketones is 2. The van der Waals surface area contributed by atoms with Crippen LogP contribution in [-0.2, 0) is 11.2 Å². The minimum absolute atomic E-state index is 0.0251. The van der Waals surface area contributed by atoms with E-state index in [-0.39, 0.29) is 23.9 Å². The van der Waals surface area contributed by atoms with E-state index in [0.29, 0.717) is 22.8 Å². The number of carbonyl (C=O) groups is 2. The van der Waals surface area contributed by atoms with E-state index in [1.165, 1.54) is 0 Å². The van der Waals surface area contributed by atoms with E-state index in [1.54, 1.807) is 19.1 Å². The maximum absolute atomic E-state index is 13.3. The van der Waals surface area contributed by atoms with Gasteiger partial charge in [0.2, 0.25) is 5.78 Å². The second-order valence-corrected chi connectivity index (χ2v) is 7.06. The molecule has 1 heterocycles. The van der Waals surface area contributed by atoms with Gasteiger partial charge in [0.15, 0.2) is 5.60 Å². The first-order valence-corrected chi connectivity index (χ1v) is 8.50. The van der Waals surface area contributed by atoms with Crippen LogP contribution in [0, 0.1) is 0 Å². The molecule has 0 saturated carbocycles. The van der Waals surface area contributed by atoms with Crippen molar-refractivity contribution in [2.75, 3.05) is 0 Å². The number of Topliss-reactive ketones (excluding diaryl/α,β-unsaturated/α-hetero) is 2. The molecule has 2 atom stereocenters. The topological polar surface area (TPSA) is 43.4 Å². The van der Waals surface area contributed by atoms with E-state index in [4.69, 9.17) is 16.3 Å². The van der Waals surface area contributed by atoms with Gasteiger partial charge >= 0.3 is 0 Å². The minimum atomic E-state index is -0.993. The molecule has 1 spiro atoms. The highest BCUT2D eigenvalue weighted by molar-refractivity contribution is 6.30. The molecule has 0 aromatic heterocycles. The number of fused-ring (bicyclic) bond motifs is 2. The summed E-state index contributed by atoms with van der Waals surface area (Å²) < 4.78 is 6.21. The number of benzene rings is 2. The number of hydrogen-bond donors (Lipinski definition) is 0. The number of ether oxygens (including phenoxy) is 1. The molecule has 2 aromatic rings. The molecule has 3 nitrogen and oxygen atoms in total. The fraction of sp³-hybridized carbons (Fsp3) is 0.300. The summed E-state index contributed by atoms with van der Waals surface area (Å²) in [4.78, 5) is 25.2. The van der Waals surface area contributed by atoms with Crippen LogP contribution >= 0.6 is 11.6 Å². The van der Waals surface area contributed by atoms with E-state index in [9.17, 15) is 9.59 Å². The third kappa shape index (κ3) is 2.19. The van der Waals surface area contributed by atoms with Crippen LogP contribution in [0.3, 0.4) is 0 Å². The van der Waals surface area contributed by atoms with E-state index >= 15 is 0 Å². The molecule has 4 rings (SSSR count). The van der Waals surface area contributed by atoms with Crippen molar-refractivity contribution in [1.82, 2.24) is 0 Å². The normalized spacial score (nSPS) is 24.4. The zero-order valence-electron chi connectivity index (χ0n) is 13.3. The van der Waals surface area contributed by atoms with Crippen molar-refractivity contribution >= 4 is 23.2 Å². The lowest BCUT2D eigenvalue weighted by molar-refractivity contribution is -0.118. The molecule has 24 heavy (non-hydrogen) atoms. The average Bonchev–Trinajstić information content (AvgIpc) is 2.85. The Bertz CT molecular complexity index is 858. The molecule has 2 unspecified atom stereocenters. The summed E-state index contributed by atoms with van der Waals surface area (Å²) >= 11 is 6.14. The molecule has 0 amide bonds. The molecule has 0 N–H and O–H groups in total. The van der Waals surface area contributed by atoms with Gasteiger partial charge in [-0.1, -0.05) is 35.9 Å². The van der Waals surface area contributed by atoms with Crippen LogP contribution in [0.25, 0.3) is 0 Å². The maximum Gasteiger partial charge on any atom is 0.207 e. The summed E-state index contributed by atoms with van der Waals surface area (Å²) in [6, 6.07) is 13.0. The van der Waals surface area contributed by atoms with Crippen LogP contribution in [0.1, 0.15) is 47.2 Å². The fourth-order valence-corrected chi connectivity index (χ4v) is 4.20. The highest BCUT2D eigenvalue weighted by Crippen LogP contribution is 2.52. The standard InChI is InChI=1S/C20H17ClO3/c1-12(22)10-17-16-11-14(21)6-7-18(16)24-20(17)9-8-13-4-2-3-5-15(13)19(20)23/h2-7,11,17H,8-10H2,1H3. The lowest BCUT2D eigenvalue weighted by Gasteiger charge is -2.37. The molecule has 1 aliphatic heterocycles. The molecule has 0 radical (unpaired) electrons. The molecule has 4 heteroatoms. The highest BCUT2D eigenvalue weighted by Gasteiger charge is 2.55. The molecule has 0 fully saturated rings. The van der Waals surface area contributed by atoms with Crippen LogP contribution in [0.4, 0.5) is 0 Å². The largest absolute Gasteiger partial charge is 0.478 e. The number of aryl methyl sites for hydroxylation is 1. The van der Waals surface area contributed by atoms with Gasteiger partial charge in [-0.3, -0.25) is 4.79 Å². The number of halogens is 1. The number of carbonyl (C=O) groups excluding carboxylic acids is 2. The Morgan fingerprint density at radius 3 is 2.88 bits per heavy atom. The van der Waals surface area contributed by atoms with E-state index in [0.717, 1.165) is 17.5 Å². The Balaban J connectivity index is 1.85. The lowest BCUT2D eigenvalue weighted by Crippen LogP contribution is -2.49. The highest BCUT2D eigenvalue weighted by atomic mass is 35.5. The molecule has 2 aromatic carbocycles. The van der Waals surface area contributed by atoms with Gasteiger partial charge in [0, 0.05) is 28.5 Å². The Labute approximate surface area is 145 Å². The molecule has 1 aliphatic carbocycles. The summed E-state index contributed by atoms with van der Waals surface area (Å²) in [6.45, 7) is 1.55. The van der Waals surface area contributed by atoms with Crippen molar-refractivity contribution in [3.05, 3.63) is 64.2 Å². The average molecular weight is 341 g/mol. The van der Waals surface area contributed by atoms with Crippen molar-refractivity contribution in [2.45, 2.75) is 37.7 Å². The zero-order valence-corrected chi connectivity index (χ0v) is 14.1. The van der Waals surface area contributed by atoms with Gasteiger partial charge in [0.25, 0.3) is 0 Å². The predicted molar refractivity (Wildman–Crippen MR) is 91.9 cm³/mol. The van der Waals surface area contributed by atoms with Gasteiger partial charge < -0.3 is 9.53 Å². The van der Waals surface area contributed by atoms with Crippen LogP contribution in [0.5, 0.6) is 5.75 Å². The van der Waals surface area contributed by atoms with Crippen molar-refractivity contribution < 1.29 is 14.3 Å². The Kier molecular flexibility index (Phi) is 3.50. The van der Waals surface area contributed by atoms with Crippen molar-refractivity contribution in [2.24, 2.45) is 0 Å². The zero-order chi connectivity index (χ0) is 16.9. The Hall–Kier alpha value is -2.13. The summed E-state index contributed by atoms with van der Waals surface area (Å²) in [5, 5.41) is 0.589. The monoisotopic (exact) mass is 340 g/mol. The third-order valence-electron chi connectivity index (χ3n) is 5.11. The van der Waals surface area contributed by atoms with Gasteiger partial charge in [0.1, 0.15) is 11.5 Å². The maximum atomic E-state index is 13.3. The van der Waals surface area contributed by atoms with Gasteiger partial charge in [-0.05, 0) is 43.5 Å². The number of hydrogen-bond acceptors (Lipinski definition) is 3. The Morgan fingerprint density at radius 1 is 1.29 bits per heavy atom. The molecule has 2 aliphatic rings. The first-order chi connectivity index (χ1) is 11.5. The van der Waals surface area contributed by atoms with Crippen molar-refractivity contribution in [3.8, 4) is 5.75 Å². The van der Waals surface area contributed by atoms with E-state index in [2.05, 4.69) is 0 Å². The van der Waals surface area contributed by atoms with Crippen molar-refractivity contribution in [1.29, 1.82) is 0 Å². The first-order valence-electron chi connectivity index (χ1n) is 8.12. The minimum Gasteiger partial charge on any atom is -0.478 e. The molecule has 0 bridgehead atoms. The summed E-state index contributed by atoms with van der Waals surface area (Å²) in [5.74, 6) is 0.397. The molecular weight excluding hydrogens is 324 g/mol. The predicted octanol–water partition coefficient (Wildman–Crippen LogP) is 4.36. The second kappa shape index (κ2) is 5.45. The summed E-state index contributed by atoms with van der Waals surface area (Å²) in [7, 11) is 0.